The van der Waals surface area contributed by atoms with Crippen LogP contribution in [0.1, 0.15) is 47.8 Å². The first kappa shape index (κ1) is 19.4. The number of hydrogen-bond acceptors (Lipinski definition) is 7. The van der Waals surface area contributed by atoms with Crippen LogP contribution in [-0.4, -0.2) is 70.9 Å². The molecule has 4 heterocycles. The van der Waals surface area contributed by atoms with Crippen molar-refractivity contribution >= 4 is 17.5 Å². The maximum absolute atomic E-state index is 11.5. The summed E-state index contributed by atoms with van der Waals surface area (Å²) in [4.78, 5) is 33.0. The number of nitrogens with zero attached hydrogens (tertiary/aromatic N) is 6. The Morgan fingerprint density at radius 3 is 2.40 bits per heavy atom. The van der Waals surface area contributed by atoms with Gasteiger partial charge in [0.1, 0.15) is 5.82 Å². The van der Waals surface area contributed by atoms with Crippen molar-refractivity contribution in [2.75, 3.05) is 49.1 Å². The van der Waals surface area contributed by atoms with E-state index in [1.807, 2.05) is 18.3 Å². The molecule has 0 spiro atoms. The van der Waals surface area contributed by atoms with Crippen LogP contribution in [-0.2, 0) is 12.8 Å². The highest BCUT2D eigenvalue weighted by molar-refractivity contribution is 5.93. The number of ketones is 1. The lowest BCUT2D eigenvalue weighted by molar-refractivity contribution is 0.101. The van der Waals surface area contributed by atoms with Crippen molar-refractivity contribution in [3.8, 4) is 0 Å². The summed E-state index contributed by atoms with van der Waals surface area (Å²) < 4.78 is 0. The van der Waals surface area contributed by atoms with Crippen molar-refractivity contribution < 1.29 is 4.79 Å². The van der Waals surface area contributed by atoms with E-state index >= 15 is 0 Å². The number of pyridine rings is 1. The van der Waals surface area contributed by atoms with Crippen LogP contribution in [0, 0.1) is 0 Å². The smallest absolute Gasteiger partial charge is 0.225 e. The van der Waals surface area contributed by atoms with Gasteiger partial charge in [-0.05, 0) is 43.9 Å². The monoisotopic (exact) mass is 406 g/mol. The van der Waals surface area contributed by atoms with Crippen molar-refractivity contribution in [2.45, 2.75) is 45.1 Å². The number of hydrogen-bond donors (Lipinski definition) is 0. The standard InChI is InChI=1S/C23H30N6O/c1-17(30)18-5-6-22(24-15-18)28-9-7-19-16-25-23(26-21(19)8-10-28)29-13-11-27(12-14-29)20-3-2-4-20/h5-6,15-16,20H,2-4,7-14H2,1H3. The highest BCUT2D eigenvalue weighted by atomic mass is 16.1. The van der Waals surface area contributed by atoms with Crippen LogP contribution >= 0.6 is 0 Å². The minimum absolute atomic E-state index is 0.0497. The molecule has 2 aromatic heterocycles. The molecule has 0 radical (unpaired) electrons. The average molecular weight is 407 g/mol. The molecule has 0 unspecified atom stereocenters. The molecule has 2 aliphatic heterocycles. The Labute approximate surface area is 178 Å². The van der Waals surface area contributed by atoms with Crippen molar-refractivity contribution in [3.63, 3.8) is 0 Å². The zero-order chi connectivity index (χ0) is 20.5. The molecule has 5 rings (SSSR count). The molecule has 0 aromatic carbocycles. The van der Waals surface area contributed by atoms with Crippen LogP contribution < -0.4 is 9.80 Å². The van der Waals surface area contributed by atoms with Gasteiger partial charge in [0.05, 0.1) is 5.69 Å². The number of fused-ring (bicyclic) bond motifs is 1. The van der Waals surface area contributed by atoms with Gasteiger partial charge in [-0.1, -0.05) is 6.42 Å². The molecular weight excluding hydrogens is 376 g/mol. The van der Waals surface area contributed by atoms with E-state index in [4.69, 9.17) is 9.97 Å². The normalized spacial score (nSPS) is 20.4. The van der Waals surface area contributed by atoms with E-state index in [1.165, 1.54) is 30.5 Å². The van der Waals surface area contributed by atoms with E-state index in [2.05, 4.69) is 19.7 Å². The largest absolute Gasteiger partial charge is 0.356 e. The fourth-order valence-corrected chi connectivity index (χ4v) is 4.67. The first-order chi connectivity index (χ1) is 14.7. The van der Waals surface area contributed by atoms with Gasteiger partial charge in [-0.25, -0.2) is 15.0 Å². The van der Waals surface area contributed by atoms with Crippen LogP contribution in [0.3, 0.4) is 0 Å². The summed E-state index contributed by atoms with van der Waals surface area (Å²) in [6.07, 6.45) is 9.66. The van der Waals surface area contributed by atoms with E-state index in [1.54, 1.807) is 13.1 Å². The van der Waals surface area contributed by atoms with Gasteiger partial charge in [0.15, 0.2) is 5.78 Å². The molecule has 0 N–H and O–H groups in total. The Morgan fingerprint density at radius 2 is 1.73 bits per heavy atom. The predicted molar refractivity (Wildman–Crippen MR) is 117 cm³/mol. The Balaban J connectivity index is 1.24. The van der Waals surface area contributed by atoms with Gasteiger partial charge in [0.2, 0.25) is 5.95 Å². The maximum Gasteiger partial charge on any atom is 0.225 e. The summed E-state index contributed by atoms with van der Waals surface area (Å²) in [6.45, 7) is 7.64. The average Bonchev–Trinajstić information content (AvgIpc) is 2.95. The fourth-order valence-electron chi connectivity index (χ4n) is 4.67. The van der Waals surface area contributed by atoms with Crippen LogP contribution in [0.4, 0.5) is 11.8 Å². The van der Waals surface area contributed by atoms with Crippen LogP contribution in [0.2, 0.25) is 0 Å². The molecule has 1 saturated carbocycles. The summed E-state index contributed by atoms with van der Waals surface area (Å²) >= 11 is 0. The zero-order valence-electron chi connectivity index (χ0n) is 17.8. The molecule has 7 nitrogen and oxygen atoms in total. The lowest BCUT2D eigenvalue weighted by Gasteiger charge is -2.43. The summed E-state index contributed by atoms with van der Waals surface area (Å²) in [6, 6.07) is 4.64. The highest BCUT2D eigenvalue weighted by Gasteiger charge is 2.29. The van der Waals surface area contributed by atoms with Gasteiger partial charge >= 0.3 is 0 Å². The summed E-state index contributed by atoms with van der Waals surface area (Å²) in [5.41, 5.74) is 3.07. The molecule has 1 aliphatic carbocycles. The van der Waals surface area contributed by atoms with Gasteiger partial charge in [-0.15, -0.1) is 0 Å². The van der Waals surface area contributed by atoms with E-state index in [0.29, 0.717) is 5.56 Å². The molecule has 2 fully saturated rings. The van der Waals surface area contributed by atoms with Crippen molar-refractivity contribution in [1.82, 2.24) is 19.9 Å². The fraction of sp³-hybridized carbons (Fsp3) is 0.565. The van der Waals surface area contributed by atoms with Gasteiger partial charge < -0.3 is 9.80 Å². The molecule has 0 amide bonds. The van der Waals surface area contributed by atoms with E-state index < -0.39 is 0 Å². The van der Waals surface area contributed by atoms with Crippen molar-refractivity contribution in [3.05, 3.63) is 41.3 Å². The van der Waals surface area contributed by atoms with Crippen molar-refractivity contribution in [1.29, 1.82) is 0 Å². The molecule has 158 valence electrons. The third kappa shape index (κ3) is 3.90. The molecule has 3 aliphatic rings. The second kappa shape index (κ2) is 8.30. The van der Waals surface area contributed by atoms with Gasteiger partial charge in [-0.3, -0.25) is 9.69 Å². The van der Waals surface area contributed by atoms with Gasteiger partial charge in [0.25, 0.3) is 0 Å². The van der Waals surface area contributed by atoms with Crippen LogP contribution in [0.5, 0.6) is 0 Å². The van der Waals surface area contributed by atoms with Crippen molar-refractivity contribution in [2.24, 2.45) is 0 Å². The first-order valence-corrected chi connectivity index (χ1v) is 11.2. The molecular formula is C23H30N6O. The third-order valence-corrected chi connectivity index (χ3v) is 6.88. The lowest BCUT2D eigenvalue weighted by atomic mass is 9.91. The van der Waals surface area contributed by atoms with E-state index in [9.17, 15) is 4.79 Å². The quantitative estimate of drug-likeness (QED) is 0.722. The molecule has 0 atom stereocenters. The highest BCUT2D eigenvalue weighted by Crippen LogP contribution is 2.26. The summed E-state index contributed by atoms with van der Waals surface area (Å²) in [7, 11) is 0. The Hall–Kier alpha value is -2.54. The number of carbonyl (C=O) groups excluding carboxylic acids is 1. The number of rotatable bonds is 4. The first-order valence-electron chi connectivity index (χ1n) is 11.2. The number of piperazine rings is 1. The summed E-state index contributed by atoms with van der Waals surface area (Å²) in [5, 5.41) is 0. The van der Waals surface area contributed by atoms with Crippen LogP contribution in [0.15, 0.2) is 24.5 Å². The lowest BCUT2D eigenvalue weighted by Crippen LogP contribution is -2.52. The minimum atomic E-state index is 0.0497. The zero-order valence-corrected chi connectivity index (χ0v) is 17.8. The number of aromatic nitrogens is 3. The predicted octanol–water partition coefficient (Wildman–Crippen LogP) is 2.35. The maximum atomic E-state index is 11.5. The number of Topliss-reactive ketones (excluding diaryl/α,β-unsaturated/α-hetero) is 1. The molecule has 7 heteroatoms. The molecule has 0 bridgehead atoms. The summed E-state index contributed by atoms with van der Waals surface area (Å²) in [5.74, 6) is 1.86. The Kier molecular flexibility index (Phi) is 5.37. The SMILES string of the molecule is CC(=O)c1ccc(N2CCc3cnc(N4CCN(C5CCC5)CC4)nc3CC2)nc1. The van der Waals surface area contributed by atoms with E-state index in [-0.39, 0.29) is 5.78 Å². The third-order valence-electron chi connectivity index (χ3n) is 6.88. The second-order valence-corrected chi connectivity index (χ2v) is 8.70. The Bertz CT molecular complexity index is 902. The van der Waals surface area contributed by atoms with Gasteiger partial charge in [-0.2, -0.15) is 0 Å². The topological polar surface area (TPSA) is 65.5 Å². The van der Waals surface area contributed by atoms with E-state index in [0.717, 1.165) is 69.9 Å². The van der Waals surface area contributed by atoms with Gasteiger partial charge in [0, 0.05) is 69.7 Å². The molecule has 30 heavy (non-hydrogen) atoms. The molecule has 2 aromatic rings. The Morgan fingerprint density at radius 1 is 0.933 bits per heavy atom. The number of carbonyl (C=O) groups is 1. The second-order valence-electron chi connectivity index (χ2n) is 8.70. The number of anilines is 2. The molecule has 1 saturated heterocycles. The minimum Gasteiger partial charge on any atom is -0.356 e. The van der Waals surface area contributed by atoms with Crippen LogP contribution in [0.25, 0.3) is 0 Å².